The van der Waals surface area contributed by atoms with Crippen LogP contribution in [0, 0.1) is 6.92 Å². The van der Waals surface area contributed by atoms with Crippen LogP contribution in [-0.4, -0.2) is 33.4 Å². The number of benzene rings is 1. The number of carboxylic acid groups (broad SMARTS) is 1. The predicted octanol–water partition coefficient (Wildman–Crippen LogP) is 4.66. The number of aromatic carboxylic acids is 1. The fourth-order valence-corrected chi connectivity index (χ4v) is 3.94. The number of aromatic nitrogens is 2. The molecular formula is C20H23N3O3S. The lowest BCUT2D eigenvalue weighted by Crippen LogP contribution is -2.08. The Kier molecular flexibility index (Phi) is 5.70. The number of hydrogen-bond donors (Lipinski definition) is 2. The maximum atomic E-state index is 11.2. The molecule has 0 bridgehead atoms. The van der Waals surface area contributed by atoms with E-state index < -0.39 is 5.97 Å². The molecule has 0 saturated carbocycles. The van der Waals surface area contributed by atoms with Crippen molar-refractivity contribution in [2.45, 2.75) is 38.9 Å². The third-order valence-corrected chi connectivity index (χ3v) is 5.56. The Bertz CT molecular complexity index is 912. The normalized spacial score (nSPS) is 16.1. The quantitative estimate of drug-likeness (QED) is 0.748. The number of methoxy groups -OCH3 is 1. The van der Waals surface area contributed by atoms with E-state index in [4.69, 9.17) is 14.7 Å². The zero-order valence-corrected chi connectivity index (χ0v) is 16.7. The van der Waals surface area contributed by atoms with Crippen LogP contribution in [0.15, 0.2) is 23.6 Å². The van der Waals surface area contributed by atoms with E-state index in [9.17, 15) is 9.90 Å². The van der Waals surface area contributed by atoms with Gasteiger partial charge in [-0.1, -0.05) is 13.8 Å². The molecule has 2 N–H and O–H groups in total. The Morgan fingerprint density at radius 3 is 2.78 bits per heavy atom. The summed E-state index contributed by atoms with van der Waals surface area (Å²) in [5.41, 5.74) is 3.97. The Balaban J connectivity index is 2.01. The fourth-order valence-electron chi connectivity index (χ4n) is 3.07. The Hall–Kier alpha value is -2.54. The van der Waals surface area contributed by atoms with Gasteiger partial charge in [0.15, 0.2) is 5.82 Å². The molecule has 1 aliphatic heterocycles. The minimum absolute atomic E-state index is 0.176. The first-order valence-electron chi connectivity index (χ1n) is 8.83. The zero-order valence-electron chi connectivity index (χ0n) is 15.9. The number of ether oxygens (including phenoxy) is 1. The van der Waals surface area contributed by atoms with Gasteiger partial charge in [0.05, 0.1) is 18.4 Å². The lowest BCUT2D eigenvalue weighted by molar-refractivity contribution is 0.0696. The van der Waals surface area contributed by atoms with Gasteiger partial charge in [-0.05, 0) is 43.4 Å². The van der Waals surface area contributed by atoms with Gasteiger partial charge < -0.3 is 15.2 Å². The molecule has 0 fully saturated rings. The summed E-state index contributed by atoms with van der Waals surface area (Å²) in [6, 6.07) is 4.75. The van der Waals surface area contributed by atoms with Crippen molar-refractivity contribution < 1.29 is 14.6 Å². The van der Waals surface area contributed by atoms with Crippen molar-refractivity contribution in [1.82, 2.24) is 9.97 Å². The van der Waals surface area contributed by atoms with Crippen LogP contribution in [0.4, 0.5) is 11.5 Å². The Labute approximate surface area is 163 Å². The highest BCUT2D eigenvalue weighted by Gasteiger charge is 2.20. The molecule has 0 aliphatic carbocycles. The summed E-state index contributed by atoms with van der Waals surface area (Å²) in [6.07, 6.45) is 1.74. The minimum atomic E-state index is -0.992. The van der Waals surface area contributed by atoms with Crippen LogP contribution in [0.5, 0.6) is 5.75 Å². The summed E-state index contributed by atoms with van der Waals surface area (Å²) < 4.78 is 5.37. The third kappa shape index (κ3) is 4.08. The second-order valence-corrected chi connectivity index (χ2v) is 7.77. The summed E-state index contributed by atoms with van der Waals surface area (Å²) in [5.74, 6) is 0.935. The van der Waals surface area contributed by atoms with Crippen LogP contribution in [0.3, 0.4) is 0 Å². The molecule has 1 unspecified atom stereocenters. The molecule has 1 aromatic carbocycles. The number of rotatable bonds is 6. The predicted molar refractivity (Wildman–Crippen MR) is 109 cm³/mol. The summed E-state index contributed by atoms with van der Waals surface area (Å²) in [4.78, 5) is 20.7. The molecule has 3 rings (SSSR count). The molecule has 2 aromatic rings. The molecule has 0 saturated heterocycles. The molecular weight excluding hydrogens is 362 g/mol. The summed E-state index contributed by atoms with van der Waals surface area (Å²) >= 11 is 1.80. The van der Waals surface area contributed by atoms with Gasteiger partial charge >= 0.3 is 5.97 Å². The summed E-state index contributed by atoms with van der Waals surface area (Å²) in [7, 11) is 1.52. The van der Waals surface area contributed by atoms with Crippen molar-refractivity contribution in [3.63, 3.8) is 0 Å². The third-order valence-electron chi connectivity index (χ3n) is 4.51. The van der Waals surface area contributed by atoms with Crippen molar-refractivity contribution in [1.29, 1.82) is 0 Å². The molecule has 0 radical (unpaired) electrons. The molecule has 1 aliphatic rings. The van der Waals surface area contributed by atoms with Crippen molar-refractivity contribution in [2.24, 2.45) is 0 Å². The highest BCUT2D eigenvalue weighted by atomic mass is 32.2. The first-order chi connectivity index (χ1) is 12.9. The SMILES string of the molecule is CCc1c(C)nc(C2=CSC(C)C2)nc1Nc1ccc(C(=O)O)cc1OC. The maximum Gasteiger partial charge on any atom is 0.335 e. The van der Waals surface area contributed by atoms with Crippen LogP contribution in [0.2, 0.25) is 0 Å². The van der Waals surface area contributed by atoms with Crippen LogP contribution >= 0.6 is 11.8 Å². The van der Waals surface area contributed by atoms with Crippen molar-refractivity contribution >= 4 is 34.8 Å². The Morgan fingerprint density at radius 1 is 1.41 bits per heavy atom. The number of thioether (sulfide) groups is 1. The first kappa shape index (κ1) is 19.2. The van der Waals surface area contributed by atoms with Gasteiger partial charge in [0.25, 0.3) is 0 Å². The average molecular weight is 385 g/mol. The highest BCUT2D eigenvalue weighted by molar-refractivity contribution is 8.03. The van der Waals surface area contributed by atoms with Gasteiger partial charge in [-0.2, -0.15) is 0 Å². The topological polar surface area (TPSA) is 84.3 Å². The number of anilines is 2. The second kappa shape index (κ2) is 8.00. The summed E-state index contributed by atoms with van der Waals surface area (Å²) in [6.45, 7) is 6.25. The standard InChI is InChI=1S/C20H23N3O3S/c1-5-15-12(3)21-18(14-8-11(2)27-10-14)23-19(15)22-16-7-6-13(20(24)25)9-17(16)26-4/h6-7,9-11H,5,8H2,1-4H3,(H,24,25)(H,21,22,23). The van der Waals surface area contributed by atoms with Crippen molar-refractivity contribution in [3.8, 4) is 5.75 Å². The van der Waals surface area contributed by atoms with Gasteiger partial charge in [0.1, 0.15) is 11.6 Å². The van der Waals surface area contributed by atoms with Gasteiger partial charge in [-0.25, -0.2) is 14.8 Å². The first-order valence-corrected chi connectivity index (χ1v) is 9.78. The van der Waals surface area contributed by atoms with Crippen LogP contribution in [0.1, 0.15) is 47.7 Å². The molecule has 2 heterocycles. The molecule has 0 spiro atoms. The lowest BCUT2D eigenvalue weighted by atomic mass is 10.1. The number of nitrogens with one attached hydrogen (secondary N) is 1. The van der Waals surface area contributed by atoms with E-state index in [0.717, 1.165) is 41.3 Å². The van der Waals surface area contributed by atoms with Crippen molar-refractivity contribution in [2.75, 3.05) is 12.4 Å². The number of allylic oxidation sites excluding steroid dienone is 1. The van der Waals surface area contributed by atoms with Crippen LogP contribution < -0.4 is 10.1 Å². The van der Waals surface area contributed by atoms with E-state index in [0.29, 0.717) is 16.7 Å². The smallest absolute Gasteiger partial charge is 0.335 e. The van der Waals surface area contributed by atoms with E-state index in [1.807, 2.05) is 6.92 Å². The second-order valence-electron chi connectivity index (χ2n) is 6.45. The largest absolute Gasteiger partial charge is 0.495 e. The zero-order chi connectivity index (χ0) is 19.6. The van der Waals surface area contributed by atoms with Crippen LogP contribution in [0.25, 0.3) is 5.57 Å². The molecule has 1 atom stereocenters. The number of hydrogen-bond acceptors (Lipinski definition) is 6. The molecule has 0 amide bonds. The van der Waals surface area contributed by atoms with Crippen molar-refractivity contribution in [3.05, 3.63) is 46.3 Å². The number of carboxylic acids is 1. The van der Waals surface area contributed by atoms with E-state index >= 15 is 0 Å². The minimum Gasteiger partial charge on any atom is -0.495 e. The van der Waals surface area contributed by atoms with Gasteiger partial charge in [0.2, 0.25) is 0 Å². The highest BCUT2D eigenvalue weighted by Crippen LogP contribution is 2.36. The molecule has 142 valence electrons. The number of aryl methyl sites for hydroxylation is 1. The summed E-state index contributed by atoms with van der Waals surface area (Å²) in [5, 5.41) is 15.2. The lowest BCUT2D eigenvalue weighted by Gasteiger charge is -2.16. The fraction of sp³-hybridized carbons (Fsp3) is 0.350. The van der Waals surface area contributed by atoms with Gasteiger partial charge in [-0.15, -0.1) is 11.8 Å². The van der Waals surface area contributed by atoms with E-state index in [1.165, 1.54) is 13.2 Å². The number of carbonyl (C=O) groups is 1. The maximum absolute atomic E-state index is 11.2. The van der Waals surface area contributed by atoms with Gasteiger partial charge in [-0.3, -0.25) is 0 Å². The van der Waals surface area contributed by atoms with E-state index in [1.54, 1.807) is 23.9 Å². The molecule has 27 heavy (non-hydrogen) atoms. The molecule has 1 aromatic heterocycles. The van der Waals surface area contributed by atoms with Crippen LogP contribution in [-0.2, 0) is 6.42 Å². The van der Waals surface area contributed by atoms with Gasteiger partial charge in [0, 0.05) is 22.1 Å². The van der Waals surface area contributed by atoms with E-state index in [2.05, 4.69) is 24.6 Å². The molecule has 7 heteroatoms. The van der Waals surface area contributed by atoms with E-state index in [-0.39, 0.29) is 5.56 Å². The average Bonchev–Trinajstić information content (AvgIpc) is 3.08. The molecule has 6 nitrogen and oxygen atoms in total. The monoisotopic (exact) mass is 385 g/mol. The Morgan fingerprint density at radius 2 is 2.19 bits per heavy atom. The number of nitrogens with zero attached hydrogens (tertiary/aromatic N) is 2.